The van der Waals surface area contributed by atoms with Crippen molar-refractivity contribution in [1.29, 1.82) is 0 Å². The van der Waals surface area contributed by atoms with Crippen molar-refractivity contribution in [1.82, 2.24) is 4.90 Å². The molecule has 17 heavy (non-hydrogen) atoms. The quantitative estimate of drug-likeness (QED) is 0.868. The fourth-order valence-corrected chi connectivity index (χ4v) is 2.08. The molecular weight excluding hydrogens is 218 g/mol. The minimum atomic E-state index is -0.599. The van der Waals surface area contributed by atoms with Crippen LogP contribution in [0.4, 0.5) is 0 Å². The molecule has 0 aliphatic carbocycles. The summed E-state index contributed by atoms with van der Waals surface area (Å²) in [6, 6.07) is 3.71. The van der Waals surface area contributed by atoms with Gasteiger partial charge >= 0.3 is 0 Å². The summed E-state index contributed by atoms with van der Waals surface area (Å²) in [4.78, 5) is 13.7. The first-order valence-electron chi connectivity index (χ1n) is 6.09. The van der Waals surface area contributed by atoms with Crippen LogP contribution < -0.4 is 0 Å². The minimum Gasteiger partial charge on any atom is -0.469 e. The fraction of sp³-hybridized carbons (Fsp3) is 0.615. The number of rotatable bonds is 3. The van der Waals surface area contributed by atoms with Gasteiger partial charge in [0.2, 0.25) is 5.91 Å². The number of aliphatic hydroxyl groups is 1. The highest BCUT2D eigenvalue weighted by molar-refractivity contribution is 5.76. The summed E-state index contributed by atoms with van der Waals surface area (Å²) >= 11 is 0. The molecule has 1 amide bonds. The number of aryl methyl sites for hydroxylation is 1. The van der Waals surface area contributed by atoms with E-state index in [9.17, 15) is 9.90 Å². The Hall–Kier alpha value is -1.29. The third kappa shape index (κ3) is 3.33. The van der Waals surface area contributed by atoms with Crippen LogP contribution in [0.2, 0.25) is 0 Å². The zero-order chi connectivity index (χ0) is 12.3. The lowest BCUT2D eigenvalue weighted by atomic mass is 9.93. The van der Waals surface area contributed by atoms with Gasteiger partial charge in [0, 0.05) is 25.9 Å². The zero-order valence-corrected chi connectivity index (χ0v) is 10.2. The van der Waals surface area contributed by atoms with Crippen molar-refractivity contribution in [3.63, 3.8) is 0 Å². The van der Waals surface area contributed by atoms with E-state index in [2.05, 4.69) is 0 Å². The molecule has 1 aliphatic heterocycles. The van der Waals surface area contributed by atoms with Crippen molar-refractivity contribution in [2.24, 2.45) is 0 Å². The second kappa shape index (κ2) is 4.92. The lowest BCUT2D eigenvalue weighted by molar-refractivity contribution is -0.134. The average molecular weight is 237 g/mol. The first-order chi connectivity index (χ1) is 8.07. The molecule has 4 heteroatoms. The SMILES string of the molecule is CC1(O)CCN(C(=O)CCc2ccco2)CC1. The molecule has 0 spiro atoms. The van der Waals surface area contributed by atoms with Gasteiger partial charge in [-0.2, -0.15) is 0 Å². The lowest BCUT2D eigenvalue weighted by Gasteiger charge is -2.35. The molecule has 1 saturated heterocycles. The maximum atomic E-state index is 11.9. The third-order valence-corrected chi connectivity index (χ3v) is 3.36. The molecule has 0 radical (unpaired) electrons. The van der Waals surface area contributed by atoms with Crippen LogP contribution >= 0.6 is 0 Å². The van der Waals surface area contributed by atoms with Crippen LogP contribution in [0.1, 0.15) is 31.9 Å². The molecule has 4 nitrogen and oxygen atoms in total. The molecule has 1 N–H and O–H groups in total. The van der Waals surface area contributed by atoms with E-state index in [1.807, 2.05) is 24.0 Å². The van der Waals surface area contributed by atoms with Crippen LogP contribution in [-0.2, 0) is 11.2 Å². The molecule has 0 unspecified atom stereocenters. The predicted molar refractivity (Wildman–Crippen MR) is 63.5 cm³/mol. The van der Waals surface area contributed by atoms with Crippen LogP contribution in [0.5, 0.6) is 0 Å². The summed E-state index contributed by atoms with van der Waals surface area (Å²) in [6.45, 7) is 3.14. The van der Waals surface area contributed by atoms with E-state index in [0.717, 1.165) is 5.76 Å². The number of piperidine rings is 1. The third-order valence-electron chi connectivity index (χ3n) is 3.36. The number of nitrogens with zero attached hydrogens (tertiary/aromatic N) is 1. The molecule has 0 bridgehead atoms. The first kappa shape index (κ1) is 12.2. The number of amides is 1. The van der Waals surface area contributed by atoms with Crippen molar-refractivity contribution in [3.8, 4) is 0 Å². The molecule has 1 fully saturated rings. The number of hydrogen-bond acceptors (Lipinski definition) is 3. The average Bonchev–Trinajstić information content (AvgIpc) is 2.78. The number of carbonyl (C=O) groups is 1. The van der Waals surface area contributed by atoms with Crippen LogP contribution in [0, 0.1) is 0 Å². The van der Waals surface area contributed by atoms with E-state index in [4.69, 9.17) is 4.42 Å². The van der Waals surface area contributed by atoms with E-state index in [1.165, 1.54) is 0 Å². The van der Waals surface area contributed by atoms with Crippen LogP contribution in [0.3, 0.4) is 0 Å². The van der Waals surface area contributed by atoms with Gasteiger partial charge in [-0.3, -0.25) is 4.79 Å². The predicted octanol–water partition coefficient (Wildman–Crippen LogP) is 1.59. The van der Waals surface area contributed by atoms with E-state index < -0.39 is 5.60 Å². The van der Waals surface area contributed by atoms with Gasteiger partial charge in [0.05, 0.1) is 11.9 Å². The summed E-state index contributed by atoms with van der Waals surface area (Å²) < 4.78 is 5.19. The second-order valence-electron chi connectivity index (χ2n) is 4.96. The van der Waals surface area contributed by atoms with Crippen molar-refractivity contribution < 1.29 is 14.3 Å². The smallest absolute Gasteiger partial charge is 0.223 e. The molecule has 0 aromatic carbocycles. The molecule has 1 aliphatic rings. The van der Waals surface area contributed by atoms with Gasteiger partial charge in [-0.1, -0.05) is 0 Å². The van der Waals surface area contributed by atoms with E-state index in [1.54, 1.807) is 6.26 Å². The van der Waals surface area contributed by atoms with Crippen molar-refractivity contribution in [3.05, 3.63) is 24.2 Å². The van der Waals surface area contributed by atoms with Crippen molar-refractivity contribution in [2.75, 3.05) is 13.1 Å². The molecule has 2 heterocycles. The Morgan fingerprint density at radius 1 is 1.53 bits per heavy atom. The fourth-order valence-electron chi connectivity index (χ4n) is 2.08. The largest absolute Gasteiger partial charge is 0.469 e. The Balaban J connectivity index is 1.77. The monoisotopic (exact) mass is 237 g/mol. The molecule has 1 aromatic rings. The van der Waals surface area contributed by atoms with Gasteiger partial charge in [-0.15, -0.1) is 0 Å². The van der Waals surface area contributed by atoms with E-state index in [-0.39, 0.29) is 5.91 Å². The maximum absolute atomic E-state index is 11.9. The Bertz CT molecular complexity index is 360. The summed E-state index contributed by atoms with van der Waals surface area (Å²) in [5, 5.41) is 9.80. The Morgan fingerprint density at radius 3 is 2.82 bits per heavy atom. The summed E-state index contributed by atoms with van der Waals surface area (Å²) in [5.74, 6) is 0.999. The zero-order valence-electron chi connectivity index (χ0n) is 10.2. The number of hydrogen-bond donors (Lipinski definition) is 1. The standard InChI is InChI=1S/C13H19NO3/c1-13(16)6-8-14(9-7-13)12(15)5-4-11-3-2-10-17-11/h2-3,10,16H,4-9H2,1H3. The molecule has 1 aromatic heterocycles. The van der Waals surface area contributed by atoms with Crippen LogP contribution in [0.25, 0.3) is 0 Å². The van der Waals surface area contributed by atoms with Crippen LogP contribution in [0.15, 0.2) is 22.8 Å². The molecule has 2 rings (SSSR count). The lowest BCUT2D eigenvalue weighted by Crippen LogP contribution is -2.45. The van der Waals surface area contributed by atoms with Gasteiger partial charge in [0.1, 0.15) is 5.76 Å². The van der Waals surface area contributed by atoms with E-state index in [0.29, 0.717) is 38.8 Å². The molecule has 0 saturated carbocycles. The van der Waals surface area contributed by atoms with Crippen LogP contribution in [-0.4, -0.2) is 34.6 Å². The molecule has 94 valence electrons. The highest BCUT2D eigenvalue weighted by atomic mass is 16.3. The molecule has 0 atom stereocenters. The van der Waals surface area contributed by atoms with Gasteiger partial charge in [-0.25, -0.2) is 0 Å². The summed E-state index contributed by atoms with van der Waals surface area (Å²) in [6.07, 6.45) is 4.09. The second-order valence-corrected chi connectivity index (χ2v) is 4.96. The number of carbonyl (C=O) groups excluding carboxylic acids is 1. The maximum Gasteiger partial charge on any atom is 0.223 e. The number of likely N-dealkylation sites (tertiary alicyclic amines) is 1. The minimum absolute atomic E-state index is 0.150. The summed E-state index contributed by atoms with van der Waals surface area (Å²) in [7, 11) is 0. The topological polar surface area (TPSA) is 53.7 Å². The Kier molecular flexibility index (Phi) is 3.52. The van der Waals surface area contributed by atoms with Gasteiger partial charge in [0.15, 0.2) is 0 Å². The first-order valence-corrected chi connectivity index (χ1v) is 6.09. The van der Waals surface area contributed by atoms with E-state index >= 15 is 0 Å². The van der Waals surface area contributed by atoms with Crippen molar-refractivity contribution in [2.45, 2.75) is 38.2 Å². The van der Waals surface area contributed by atoms with Gasteiger partial charge in [0.25, 0.3) is 0 Å². The van der Waals surface area contributed by atoms with Crippen molar-refractivity contribution >= 4 is 5.91 Å². The Morgan fingerprint density at radius 2 is 2.24 bits per heavy atom. The Labute approximate surface area is 101 Å². The highest BCUT2D eigenvalue weighted by Crippen LogP contribution is 2.21. The number of furan rings is 1. The van der Waals surface area contributed by atoms with Gasteiger partial charge < -0.3 is 14.4 Å². The normalized spacial score (nSPS) is 19.3. The highest BCUT2D eigenvalue weighted by Gasteiger charge is 2.29. The van der Waals surface area contributed by atoms with Gasteiger partial charge in [-0.05, 0) is 31.9 Å². The molecular formula is C13H19NO3. The summed E-state index contributed by atoms with van der Waals surface area (Å²) in [5.41, 5.74) is -0.599.